The van der Waals surface area contributed by atoms with Crippen LogP contribution in [0.5, 0.6) is 0 Å². The maximum absolute atomic E-state index is 13.0. The molecule has 2 aromatic rings. The zero-order valence-corrected chi connectivity index (χ0v) is 12.8. The lowest BCUT2D eigenvalue weighted by Crippen LogP contribution is -2.43. The lowest BCUT2D eigenvalue weighted by molar-refractivity contribution is -0.137. The van der Waals surface area contributed by atoms with Crippen LogP contribution < -0.4 is 10.6 Å². The van der Waals surface area contributed by atoms with E-state index in [1.807, 2.05) is 0 Å². The van der Waals surface area contributed by atoms with E-state index in [2.05, 4.69) is 15.8 Å². The number of rotatable bonds is 4. The predicted molar refractivity (Wildman–Crippen MR) is 77.9 cm³/mol. The van der Waals surface area contributed by atoms with Crippen LogP contribution in [0.3, 0.4) is 0 Å². The Morgan fingerprint density at radius 1 is 1.25 bits per heavy atom. The molecule has 0 bridgehead atoms. The van der Waals surface area contributed by atoms with Gasteiger partial charge in [0.2, 0.25) is 5.91 Å². The third-order valence-corrected chi connectivity index (χ3v) is 3.23. The Kier molecular flexibility index (Phi) is 4.91. The molecule has 24 heavy (non-hydrogen) atoms. The highest BCUT2D eigenvalue weighted by atomic mass is 19.4. The first-order valence-electron chi connectivity index (χ1n) is 6.89. The third kappa shape index (κ3) is 3.73. The highest BCUT2D eigenvalue weighted by Crippen LogP contribution is 2.37. The summed E-state index contributed by atoms with van der Waals surface area (Å²) < 4.78 is 43.9. The number of alkyl halides is 3. The molecule has 2 amide bonds. The van der Waals surface area contributed by atoms with Crippen LogP contribution >= 0.6 is 0 Å². The number of carbonyl (C=O) groups is 2. The molecule has 0 radical (unpaired) electrons. The molecule has 1 atom stereocenters. The molecule has 0 unspecified atom stereocenters. The lowest BCUT2D eigenvalue weighted by atomic mass is 10.0. The summed E-state index contributed by atoms with van der Waals surface area (Å²) >= 11 is 0. The maximum Gasteiger partial charge on any atom is 0.417 e. The molecule has 2 rings (SSSR count). The summed E-state index contributed by atoms with van der Waals surface area (Å²) in [5.74, 6) is -1.35. The maximum atomic E-state index is 13.0. The second-order valence-corrected chi connectivity index (χ2v) is 4.93. The first kappa shape index (κ1) is 17.5. The van der Waals surface area contributed by atoms with Crippen molar-refractivity contribution in [3.8, 4) is 11.3 Å². The van der Waals surface area contributed by atoms with Gasteiger partial charge in [0.1, 0.15) is 6.04 Å². The van der Waals surface area contributed by atoms with Gasteiger partial charge in [-0.05, 0) is 13.0 Å². The molecule has 1 heterocycles. The van der Waals surface area contributed by atoms with Crippen molar-refractivity contribution >= 4 is 11.8 Å². The highest BCUT2D eigenvalue weighted by Gasteiger charge is 2.34. The Bertz CT molecular complexity index is 756. The topological polar surface area (TPSA) is 84.2 Å². The van der Waals surface area contributed by atoms with Gasteiger partial charge in [-0.25, -0.2) is 0 Å². The zero-order valence-electron chi connectivity index (χ0n) is 12.8. The number of carbonyl (C=O) groups excluding carboxylic acids is 2. The van der Waals surface area contributed by atoms with Crippen LogP contribution in [0, 0.1) is 0 Å². The molecule has 0 fully saturated rings. The number of likely N-dealkylation sites (N-methyl/N-ethyl adjacent to an activating group) is 1. The fourth-order valence-corrected chi connectivity index (χ4v) is 2.01. The van der Waals surface area contributed by atoms with Gasteiger partial charge in [0.25, 0.3) is 5.91 Å². The number of benzene rings is 1. The molecule has 6 nitrogen and oxygen atoms in total. The molecule has 0 saturated heterocycles. The summed E-state index contributed by atoms with van der Waals surface area (Å²) in [6.45, 7) is 1.46. The molecule has 9 heteroatoms. The average Bonchev–Trinajstić information content (AvgIpc) is 3.03. The largest absolute Gasteiger partial charge is 0.417 e. The fourth-order valence-electron chi connectivity index (χ4n) is 2.01. The molecule has 0 saturated carbocycles. The minimum Gasteiger partial charge on any atom is -0.357 e. The Morgan fingerprint density at radius 3 is 2.54 bits per heavy atom. The number of hydrogen-bond donors (Lipinski definition) is 2. The Balaban J connectivity index is 2.26. The average molecular weight is 341 g/mol. The third-order valence-electron chi connectivity index (χ3n) is 3.23. The van der Waals surface area contributed by atoms with Gasteiger partial charge in [0, 0.05) is 18.7 Å². The molecule has 0 aliphatic rings. The van der Waals surface area contributed by atoms with E-state index in [1.165, 1.54) is 32.2 Å². The second kappa shape index (κ2) is 6.73. The van der Waals surface area contributed by atoms with Gasteiger partial charge >= 0.3 is 6.18 Å². The molecule has 128 valence electrons. The fraction of sp³-hybridized carbons (Fsp3) is 0.267. The van der Waals surface area contributed by atoms with E-state index in [-0.39, 0.29) is 17.0 Å². The van der Waals surface area contributed by atoms with Gasteiger partial charge < -0.3 is 15.2 Å². The Labute approximate surface area is 135 Å². The monoisotopic (exact) mass is 341 g/mol. The number of aromatic nitrogens is 1. The molecular weight excluding hydrogens is 327 g/mol. The Hall–Kier alpha value is -2.84. The van der Waals surface area contributed by atoms with Crippen molar-refractivity contribution in [2.75, 3.05) is 7.05 Å². The van der Waals surface area contributed by atoms with Crippen molar-refractivity contribution in [3.63, 3.8) is 0 Å². The number of nitrogens with zero attached hydrogens (tertiary/aromatic N) is 1. The number of nitrogens with one attached hydrogen (secondary N) is 2. The summed E-state index contributed by atoms with van der Waals surface area (Å²) in [5.41, 5.74) is -1.35. The first-order valence-corrected chi connectivity index (χ1v) is 6.89. The summed E-state index contributed by atoms with van der Waals surface area (Å²) in [6.07, 6.45) is -4.57. The first-order chi connectivity index (χ1) is 11.2. The second-order valence-electron chi connectivity index (χ2n) is 4.93. The SMILES string of the molecule is CNC(=O)[C@@H](C)NC(=O)c1cc(-c2ccccc2C(F)(F)F)on1. The van der Waals surface area contributed by atoms with Gasteiger partial charge in [-0.15, -0.1) is 0 Å². The molecule has 1 aromatic heterocycles. The highest BCUT2D eigenvalue weighted by molar-refractivity contribution is 5.96. The van der Waals surface area contributed by atoms with Crippen LogP contribution in [0.25, 0.3) is 11.3 Å². The van der Waals surface area contributed by atoms with Crippen LogP contribution in [-0.2, 0) is 11.0 Å². The number of halogens is 3. The van der Waals surface area contributed by atoms with Crippen LogP contribution in [0.2, 0.25) is 0 Å². The number of hydrogen-bond acceptors (Lipinski definition) is 4. The minimum absolute atomic E-state index is 0.194. The van der Waals surface area contributed by atoms with Crippen molar-refractivity contribution in [1.82, 2.24) is 15.8 Å². The van der Waals surface area contributed by atoms with E-state index in [9.17, 15) is 22.8 Å². The van der Waals surface area contributed by atoms with E-state index in [4.69, 9.17) is 4.52 Å². The molecular formula is C15H14F3N3O3. The van der Waals surface area contributed by atoms with E-state index < -0.39 is 29.6 Å². The number of amides is 2. The van der Waals surface area contributed by atoms with Crippen molar-refractivity contribution in [2.45, 2.75) is 19.1 Å². The predicted octanol–water partition coefficient (Wildman–Crippen LogP) is 2.22. The summed E-state index contributed by atoms with van der Waals surface area (Å²) in [6, 6.07) is 5.06. The molecule has 0 aliphatic carbocycles. The van der Waals surface area contributed by atoms with Gasteiger partial charge in [-0.1, -0.05) is 23.4 Å². The molecule has 1 aromatic carbocycles. The molecule has 2 N–H and O–H groups in total. The van der Waals surface area contributed by atoms with E-state index in [0.29, 0.717) is 0 Å². The van der Waals surface area contributed by atoms with Gasteiger partial charge in [0.15, 0.2) is 11.5 Å². The van der Waals surface area contributed by atoms with Crippen molar-refractivity contribution in [3.05, 3.63) is 41.6 Å². The summed E-state index contributed by atoms with van der Waals surface area (Å²) in [5, 5.41) is 8.18. The van der Waals surface area contributed by atoms with Crippen LogP contribution in [0.1, 0.15) is 23.0 Å². The van der Waals surface area contributed by atoms with E-state index in [1.54, 1.807) is 0 Å². The van der Waals surface area contributed by atoms with Crippen LogP contribution in [0.4, 0.5) is 13.2 Å². The van der Waals surface area contributed by atoms with E-state index >= 15 is 0 Å². The smallest absolute Gasteiger partial charge is 0.357 e. The minimum atomic E-state index is -4.57. The summed E-state index contributed by atoms with van der Waals surface area (Å²) in [7, 11) is 1.41. The van der Waals surface area contributed by atoms with Gasteiger partial charge in [-0.2, -0.15) is 13.2 Å². The molecule has 0 spiro atoms. The van der Waals surface area contributed by atoms with Gasteiger partial charge in [-0.3, -0.25) is 9.59 Å². The quantitative estimate of drug-likeness (QED) is 0.893. The lowest BCUT2D eigenvalue weighted by Gasteiger charge is -2.10. The summed E-state index contributed by atoms with van der Waals surface area (Å²) in [4.78, 5) is 23.3. The van der Waals surface area contributed by atoms with Crippen molar-refractivity contribution in [2.24, 2.45) is 0 Å². The normalized spacial score (nSPS) is 12.5. The molecule has 0 aliphatic heterocycles. The van der Waals surface area contributed by atoms with Crippen LogP contribution in [-0.4, -0.2) is 30.1 Å². The Morgan fingerprint density at radius 2 is 1.92 bits per heavy atom. The standard InChI is InChI=1S/C15H14F3N3O3/c1-8(13(22)19-2)20-14(23)11-7-12(24-21-11)9-5-3-4-6-10(9)15(16,17)18/h3-8H,1-2H3,(H,19,22)(H,20,23)/t8-/m1/s1. The van der Waals surface area contributed by atoms with Crippen molar-refractivity contribution < 1.29 is 27.3 Å². The van der Waals surface area contributed by atoms with Crippen LogP contribution in [0.15, 0.2) is 34.9 Å². The zero-order chi connectivity index (χ0) is 17.9. The van der Waals surface area contributed by atoms with Gasteiger partial charge in [0.05, 0.1) is 5.56 Å². The van der Waals surface area contributed by atoms with E-state index in [0.717, 1.165) is 12.1 Å². The van der Waals surface area contributed by atoms with Crippen molar-refractivity contribution in [1.29, 1.82) is 0 Å².